The van der Waals surface area contributed by atoms with Gasteiger partial charge in [0.2, 0.25) is 0 Å². The summed E-state index contributed by atoms with van der Waals surface area (Å²) < 4.78 is 12.1. The average molecular weight is 282 g/mol. The maximum absolute atomic E-state index is 6.30. The number of rotatable bonds is 9. The molecule has 2 heteroatoms. The van der Waals surface area contributed by atoms with Crippen LogP contribution in [0.2, 0.25) is 0 Å². The lowest BCUT2D eigenvalue weighted by atomic mass is 9.76. The zero-order valence-electron chi connectivity index (χ0n) is 14.0. The second-order valence-electron chi connectivity index (χ2n) is 6.03. The van der Waals surface area contributed by atoms with Gasteiger partial charge in [-0.1, -0.05) is 38.8 Å². The highest BCUT2D eigenvalue weighted by molar-refractivity contribution is 4.98. The van der Waals surface area contributed by atoms with Crippen LogP contribution >= 0.6 is 0 Å². The first kappa shape index (κ1) is 17.7. The maximum atomic E-state index is 6.30. The van der Waals surface area contributed by atoms with Crippen molar-refractivity contribution in [2.75, 3.05) is 19.8 Å². The molecule has 0 N–H and O–H groups in total. The highest BCUT2D eigenvalue weighted by Crippen LogP contribution is 2.38. The zero-order valence-corrected chi connectivity index (χ0v) is 14.0. The van der Waals surface area contributed by atoms with Crippen LogP contribution in [0, 0.1) is 11.8 Å². The van der Waals surface area contributed by atoms with Crippen molar-refractivity contribution in [3.05, 3.63) is 12.2 Å². The van der Waals surface area contributed by atoms with E-state index >= 15 is 0 Å². The van der Waals surface area contributed by atoms with Crippen molar-refractivity contribution in [3.8, 4) is 0 Å². The summed E-state index contributed by atoms with van der Waals surface area (Å²) in [5.74, 6) is 1.40. The van der Waals surface area contributed by atoms with Gasteiger partial charge in [0.25, 0.3) is 0 Å². The largest absolute Gasteiger partial charge is 0.379 e. The van der Waals surface area contributed by atoms with Gasteiger partial charge in [0.15, 0.2) is 0 Å². The molecule has 1 rings (SSSR count). The predicted octanol–water partition coefficient (Wildman–Crippen LogP) is 4.98. The number of ether oxygens (including phenoxy) is 2. The van der Waals surface area contributed by atoms with Crippen LogP contribution in [0.25, 0.3) is 0 Å². The Morgan fingerprint density at radius 1 is 1.05 bits per heavy atom. The summed E-state index contributed by atoms with van der Waals surface area (Å²) in [7, 11) is 0. The van der Waals surface area contributed by atoms with Gasteiger partial charge in [-0.15, -0.1) is 0 Å². The summed E-state index contributed by atoms with van der Waals surface area (Å²) in [5, 5.41) is 0. The third kappa shape index (κ3) is 4.89. The zero-order chi connectivity index (χ0) is 14.8. The lowest BCUT2D eigenvalue weighted by Crippen LogP contribution is -2.46. The maximum Gasteiger partial charge on any atom is 0.0945 e. The van der Waals surface area contributed by atoms with Gasteiger partial charge in [0, 0.05) is 13.2 Å². The molecule has 0 heterocycles. The van der Waals surface area contributed by atoms with Gasteiger partial charge < -0.3 is 9.47 Å². The minimum atomic E-state index is -0.0817. The molecule has 0 amide bonds. The van der Waals surface area contributed by atoms with Gasteiger partial charge in [-0.05, 0) is 51.4 Å². The monoisotopic (exact) mass is 282 g/mol. The lowest BCUT2D eigenvalue weighted by Gasteiger charge is -2.41. The summed E-state index contributed by atoms with van der Waals surface area (Å²) in [6.45, 7) is 11.1. The van der Waals surface area contributed by atoms with Crippen LogP contribution < -0.4 is 0 Å². The molecule has 20 heavy (non-hydrogen) atoms. The van der Waals surface area contributed by atoms with Crippen LogP contribution in [0.1, 0.15) is 66.2 Å². The van der Waals surface area contributed by atoms with Crippen molar-refractivity contribution < 1.29 is 9.47 Å². The van der Waals surface area contributed by atoms with E-state index in [-0.39, 0.29) is 5.60 Å². The lowest BCUT2D eigenvalue weighted by molar-refractivity contribution is -0.136. The van der Waals surface area contributed by atoms with E-state index in [0.717, 1.165) is 45.0 Å². The fourth-order valence-corrected chi connectivity index (χ4v) is 3.52. The molecule has 118 valence electrons. The normalized spacial score (nSPS) is 26.2. The van der Waals surface area contributed by atoms with Crippen molar-refractivity contribution in [2.24, 2.45) is 11.8 Å². The van der Waals surface area contributed by atoms with Gasteiger partial charge in [-0.25, -0.2) is 0 Å². The second-order valence-corrected chi connectivity index (χ2v) is 6.03. The van der Waals surface area contributed by atoms with Gasteiger partial charge in [0.05, 0.1) is 12.2 Å². The third-order valence-electron chi connectivity index (χ3n) is 4.65. The molecule has 0 fully saturated rings. The molecule has 1 aliphatic carbocycles. The van der Waals surface area contributed by atoms with Crippen molar-refractivity contribution in [3.63, 3.8) is 0 Å². The van der Waals surface area contributed by atoms with Crippen LogP contribution in [-0.4, -0.2) is 25.4 Å². The summed E-state index contributed by atoms with van der Waals surface area (Å²) >= 11 is 0. The Labute approximate surface area is 125 Å². The first-order valence-corrected chi connectivity index (χ1v) is 8.59. The quantitative estimate of drug-likeness (QED) is 0.555. The minimum Gasteiger partial charge on any atom is -0.379 e. The molecule has 0 aromatic rings. The second kappa shape index (κ2) is 9.57. The number of hydrogen-bond donors (Lipinski definition) is 0. The Morgan fingerprint density at radius 3 is 2.40 bits per heavy atom. The van der Waals surface area contributed by atoms with Gasteiger partial charge in [-0.2, -0.15) is 0 Å². The van der Waals surface area contributed by atoms with Crippen LogP contribution in [0.3, 0.4) is 0 Å². The molecular weight excluding hydrogens is 248 g/mol. The molecule has 0 aromatic carbocycles. The van der Waals surface area contributed by atoms with Gasteiger partial charge in [0.1, 0.15) is 0 Å². The van der Waals surface area contributed by atoms with E-state index in [1.165, 1.54) is 19.3 Å². The smallest absolute Gasteiger partial charge is 0.0945 e. The molecular formula is C18H34O2. The van der Waals surface area contributed by atoms with Gasteiger partial charge in [-0.3, -0.25) is 0 Å². The van der Waals surface area contributed by atoms with E-state index in [0.29, 0.717) is 5.92 Å². The Hall–Kier alpha value is -0.340. The standard InChI is InChI=1S/C18H34O2/c1-5-13-18(20-8-4,15-19-7-3)17-12-10-9-11-16(6-2)14-17/h9-10,16-17H,5-8,11-15H2,1-4H3. The Bertz CT molecular complexity index is 267. The molecule has 0 saturated carbocycles. The fraction of sp³-hybridized carbons (Fsp3) is 0.889. The molecule has 2 nitrogen and oxygen atoms in total. The average Bonchev–Trinajstić information content (AvgIpc) is 2.71. The first-order valence-electron chi connectivity index (χ1n) is 8.59. The molecule has 0 saturated heterocycles. The van der Waals surface area contributed by atoms with E-state index in [1.807, 2.05) is 0 Å². The predicted molar refractivity (Wildman–Crippen MR) is 86.0 cm³/mol. The topological polar surface area (TPSA) is 18.5 Å². The summed E-state index contributed by atoms with van der Waals surface area (Å²) in [6.07, 6.45) is 11.9. The molecule has 1 aliphatic rings. The van der Waals surface area contributed by atoms with Crippen LogP contribution in [0.4, 0.5) is 0 Å². The molecule has 3 atom stereocenters. The molecule has 0 radical (unpaired) electrons. The first-order chi connectivity index (χ1) is 9.72. The highest BCUT2D eigenvalue weighted by atomic mass is 16.5. The van der Waals surface area contributed by atoms with Crippen molar-refractivity contribution in [1.82, 2.24) is 0 Å². The highest BCUT2D eigenvalue weighted by Gasteiger charge is 2.39. The molecule has 3 unspecified atom stereocenters. The van der Waals surface area contributed by atoms with Crippen molar-refractivity contribution in [1.29, 1.82) is 0 Å². The summed E-state index contributed by atoms with van der Waals surface area (Å²) in [5.41, 5.74) is -0.0817. The van der Waals surface area contributed by atoms with E-state index in [1.54, 1.807) is 0 Å². The molecule has 0 aromatic heterocycles. The van der Waals surface area contributed by atoms with Crippen LogP contribution in [0.5, 0.6) is 0 Å². The minimum absolute atomic E-state index is 0.0817. The van der Waals surface area contributed by atoms with Crippen LogP contribution in [0.15, 0.2) is 12.2 Å². The Kier molecular flexibility index (Phi) is 8.47. The summed E-state index contributed by atoms with van der Waals surface area (Å²) in [6, 6.07) is 0. The third-order valence-corrected chi connectivity index (χ3v) is 4.65. The van der Waals surface area contributed by atoms with Crippen molar-refractivity contribution >= 4 is 0 Å². The summed E-state index contributed by atoms with van der Waals surface area (Å²) in [4.78, 5) is 0. The van der Waals surface area contributed by atoms with Crippen molar-refractivity contribution in [2.45, 2.75) is 71.8 Å². The van der Waals surface area contributed by atoms with Crippen LogP contribution in [-0.2, 0) is 9.47 Å². The molecule has 0 bridgehead atoms. The Balaban J connectivity index is 2.89. The van der Waals surface area contributed by atoms with E-state index in [4.69, 9.17) is 9.47 Å². The SMILES string of the molecule is CCCC(COCC)(OCC)C1CC=CCC(CC)C1. The molecule has 0 aliphatic heterocycles. The van der Waals surface area contributed by atoms with E-state index in [2.05, 4.69) is 39.8 Å². The van der Waals surface area contributed by atoms with E-state index in [9.17, 15) is 0 Å². The fourth-order valence-electron chi connectivity index (χ4n) is 3.52. The van der Waals surface area contributed by atoms with E-state index < -0.39 is 0 Å². The Morgan fingerprint density at radius 2 is 1.80 bits per heavy atom. The number of allylic oxidation sites excluding steroid dienone is 2. The van der Waals surface area contributed by atoms with Gasteiger partial charge >= 0.3 is 0 Å². The molecule has 0 spiro atoms. The number of hydrogen-bond acceptors (Lipinski definition) is 2.